The highest BCUT2D eigenvalue weighted by molar-refractivity contribution is 7.20. The van der Waals surface area contributed by atoms with Gasteiger partial charge in [0.25, 0.3) is 11.2 Å². The maximum atomic E-state index is 12.7. The van der Waals surface area contributed by atoms with Gasteiger partial charge in [0.2, 0.25) is 0 Å². The molecule has 4 rings (SSSR count). The third-order valence-electron chi connectivity index (χ3n) is 4.26. The summed E-state index contributed by atoms with van der Waals surface area (Å²) in [6.07, 6.45) is 0. The van der Waals surface area contributed by atoms with Crippen LogP contribution in [0.25, 0.3) is 26.4 Å². The minimum atomic E-state index is -0.444. The van der Waals surface area contributed by atoms with Crippen molar-refractivity contribution in [2.45, 2.75) is 13.8 Å². The fourth-order valence-corrected chi connectivity index (χ4v) is 3.84. The number of hydrogen-bond acceptors (Lipinski definition) is 5. The highest BCUT2D eigenvalue weighted by Crippen LogP contribution is 2.29. The Bertz CT molecular complexity index is 1220. The molecule has 0 aliphatic rings. The van der Waals surface area contributed by atoms with Crippen LogP contribution in [0, 0.1) is 24.0 Å². The van der Waals surface area contributed by atoms with E-state index in [1.165, 1.54) is 29.5 Å². The zero-order chi connectivity index (χ0) is 17.7. The molecule has 0 fully saturated rings. The van der Waals surface area contributed by atoms with Gasteiger partial charge in [-0.1, -0.05) is 23.5 Å². The Morgan fingerprint density at radius 3 is 2.64 bits per heavy atom. The van der Waals surface area contributed by atoms with Crippen molar-refractivity contribution in [3.8, 4) is 10.4 Å². The molecule has 2 heterocycles. The average molecular weight is 351 g/mol. The molecule has 2 aromatic heterocycles. The highest BCUT2D eigenvalue weighted by atomic mass is 32.1. The second-order valence-corrected chi connectivity index (χ2v) is 6.92. The first-order valence-electron chi connectivity index (χ1n) is 7.62. The van der Waals surface area contributed by atoms with Crippen molar-refractivity contribution in [2.24, 2.45) is 0 Å². The zero-order valence-corrected chi connectivity index (χ0v) is 14.3. The monoisotopic (exact) mass is 351 g/mol. The van der Waals surface area contributed by atoms with Gasteiger partial charge in [-0.3, -0.25) is 19.3 Å². The normalized spacial score (nSPS) is 11.3. The van der Waals surface area contributed by atoms with Crippen LogP contribution in [0.5, 0.6) is 0 Å². The number of benzene rings is 2. The maximum Gasteiger partial charge on any atom is 0.270 e. The summed E-state index contributed by atoms with van der Waals surface area (Å²) in [5.41, 5.74) is 4.21. The van der Waals surface area contributed by atoms with Gasteiger partial charge in [0.1, 0.15) is 0 Å². The second kappa shape index (κ2) is 5.49. The van der Waals surface area contributed by atoms with Crippen LogP contribution < -0.4 is 5.56 Å². The van der Waals surface area contributed by atoms with Crippen molar-refractivity contribution < 1.29 is 4.92 Å². The SMILES string of the molecule is Cc1cc2nc3sc(-c4cccc([N+](=O)[O-])c4)cc(=O)n3c2cc1C. The zero-order valence-electron chi connectivity index (χ0n) is 13.5. The molecule has 7 heteroatoms. The summed E-state index contributed by atoms with van der Waals surface area (Å²) in [5, 5.41) is 11.0. The first-order valence-corrected chi connectivity index (χ1v) is 8.44. The van der Waals surface area contributed by atoms with E-state index in [1.807, 2.05) is 26.0 Å². The van der Waals surface area contributed by atoms with E-state index in [0.717, 1.165) is 22.2 Å². The van der Waals surface area contributed by atoms with E-state index >= 15 is 0 Å². The molecule has 0 saturated heterocycles. The van der Waals surface area contributed by atoms with Crippen LogP contribution in [0.3, 0.4) is 0 Å². The van der Waals surface area contributed by atoms with Gasteiger partial charge in [0.15, 0.2) is 4.96 Å². The Labute approximate surface area is 146 Å². The molecule has 0 unspecified atom stereocenters. The van der Waals surface area contributed by atoms with Gasteiger partial charge in [0.05, 0.1) is 16.0 Å². The standard InChI is InChI=1S/C18H13N3O3S/c1-10-6-14-15(7-11(10)2)20-17(22)9-16(25-18(20)19-14)12-4-3-5-13(8-12)21(23)24/h3-9H,1-2H3. The predicted octanol–water partition coefficient (Wildman–Crippen LogP) is 4.10. The molecule has 0 aliphatic heterocycles. The summed E-state index contributed by atoms with van der Waals surface area (Å²) in [5.74, 6) is 0. The molecule has 0 atom stereocenters. The van der Waals surface area contributed by atoms with Crippen molar-refractivity contribution in [2.75, 3.05) is 0 Å². The summed E-state index contributed by atoms with van der Waals surface area (Å²) in [4.78, 5) is 29.0. The summed E-state index contributed by atoms with van der Waals surface area (Å²) >= 11 is 1.34. The number of nitrogens with zero attached hydrogens (tertiary/aromatic N) is 3. The van der Waals surface area contributed by atoms with Crippen LogP contribution in [0.15, 0.2) is 47.3 Å². The molecule has 0 radical (unpaired) electrons. The summed E-state index contributed by atoms with van der Waals surface area (Å²) in [6.45, 7) is 4.01. The quantitative estimate of drug-likeness (QED) is 0.402. The predicted molar refractivity (Wildman–Crippen MR) is 98.4 cm³/mol. The molecule has 6 nitrogen and oxygen atoms in total. The van der Waals surface area contributed by atoms with Gasteiger partial charge >= 0.3 is 0 Å². The van der Waals surface area contributed by atoms with Crippen LogP contribution in [-0.4, -0.2) is 14.3 Å². The van der Waals surface area contributed by atoms with E-state index in [0.29, 0.717) is 15.4 Å². The van der Waals surface area contributed by atoms with E-state index in [1.54, 1.807) is 16.5 Å². The number of fused-ring (bicyclic) bond motifs is 3. The van der Waals surface area contributed by atoms with Crippen LogP contribution in [-0.2, 0) is 0 Å². The van der Waals surface area contributed by atoms with Crippen LogP contribution in [0.1, 0.15) is 11.1 Å². The van der Waals surface area contributed by atoms with Gasteiger partial charge in [-0.25, -0.2) is 4.98 Å². The Morgan fingerprint density at radius 2 is 1.88 bits per heavy atom. The Balaban J connectivity index is 1.99. The summed E-state index contributed by atoms with van der Waals surface area (Å²) in [7, 11) is 0. The first kappa shape index (κ1) is 15.5. The Morgan fingerprint density at radius 1 is 1.12 bits per heavy atom. The van der Waals surface area contributed by atoms with Crippen molar-refractivity contribution in [1.29, 1.82) is 0 Å². The molecule has 0 amide bonds. The first-order chi connectivity index (χ1) is 11.9. The van der Waals surface area contributed by atoms with Crippen LogP contribution >= 0.6 is 11.3 Å². The molecule has 0 saturated carbocycles. The smallest absolute Gasteiger partial charge is 0.269 e. The number of nitro groups is 1. The molecule has 4 aromatic rings. The van der Waals surface area contributed by atoms with Gasteiger partial charge in [0, 0.05) is 23.1 Å². The lowest BCUT2D eigenvalue weighted by Crippen LogP contribution is -2.10. The van der Waals surface area contributed by atoms with Crippen LogP contribution in [0.4, 0.5) is 5.69 Å². The van der Waals surface area contributed by atoms with E-state index in [2.05, 4.69) is 4.98 Å². The van der Waals surface area contributed by atoms with Crippen molar-refractivity contribution >= 4 is 33.0 Å². The molecule has 0 aliphatic carbocycles. The van der Waals surface area contributed by atoms with Crippen LogP contribution in [0.2, 0.25) is 0 Å². The third-order valence-corrected chi connectivity index (χ3v) is 5.29. The second-order valence-electron chi connectivity index (χ2n) is 5.91. The number of nitro benzene ring substituents is 1. The molecule has 0 spiro atoms. The summed E-state index contributed by atoms with van der Waals surface area (Å²) < 4.78 is 1.59. The molecule has 0 N–H and O–H groups in total. The maximum absolute atomic E-state index is 12.7. The minimum absolute atomic E-state index is 0.00299. The van der Waals surface area contributed by atoms with E-state index in [9.17, 15) is 14.9 Å². The number of hydrogen-bond donors (Lipinski definition) is 0. The van der Waals surface area contributed by atoms with E-state index in [-0.39, 0.29) is 11.2 Å². The average Bonchev–Trinajstić information content (AvgIpc) is 2.93. The molecular weight excluding hydrogens is 338 g/mol. The number of non-ortho nitro benzene ring substituents is 1. The molecular formula is C18H13N3O3S. The minimum Gasteiger partial charge on any atom is -0.269 e. The highest BCUT2D eigenvalue weighted by Gasteiger charge is 2.13. The van der Waals surface area contributed by atoms with Crippen molar-refractivity contribution in [3.63, 3.8) is 0 Å². The van der Waals surface area contributed by atoms with Gasteiger partial charge in [-0.05, 0) is 42.7 Å². The Hall–Kier alpha value is -3.06. The third kappa shape index (κ3) is 2.49. The van der Waals surface area contributed by atoms with Gasteiger partial charge < -0.3 is 0 Å². The fourth-order valence-electron chi connectivity index (χ4n) is 2.81. The molecule has 124 valence electrons. The lowest BCUT2D eigenvalue weighted by Gasteiger charge is -2.02. The van der Waals surface area contributed by atoms with Crippen molar-refractivity contribution in [3.05, 3.63) is 74.1 Å². The molecule has 2 aromatic carbocycles. The number of imidazole rings is 1. The lowest BCUT2D eigenvalue weighted by molar-refractivity contribution is -0.384. The lowest BCUT2D eigenvalue weighted by atomic mass is 10.1. The number of aryl methyl sites for hydroxylation is 2. The molecule has 0 bridgehead atoms. The fraction of sp³-hybridized carbons (Fsp3) is 0.111. The number of rotatable bonds is 2. The van der Waals surface area contributed by atoms with Gasteiger partial charge in [-0.15, -0.1) is 0 Å². The number of aromatic nitrogens is 2. The topological polar surface area (TPSA) is 77.5 Å². The van der Waals surface area contributed by atoms with Crippen molar-refractivity contribution in [1.82, 2.24) is 9.38 Å². The van der Waals surface area contributed by atoms with Gasteiger partial charge in [-0.2, -0.15) is 0 Å². The van der Waals surface area contributed by atoms with E-state index in [4.69, 9.17) is 0 Å². The largest absolute Gasteiger partial charge is 0.270 e. The van der Waals surface area contributed by atoms with E-state index < -0.39 is 4.92 Å². The summed E-state index contributed by atoms with van der Waals surface area (Å²) in [6, 6.07) is 11.7. The molecule has 25 heavy (non-hydrogen) atoms. The Kier molecular flexibility index (Phi) is 3.40.